The molecule has 4 rings (SSSR count). The van der Waals surface area contributed by atoms with Gasteiger partial charge in [-0.15, -0.1) is 0 Å². The first-order valence-corrected chi connectivity index (χ1v) is 12.8. The van der Waals surface area contributed by atoms with Crippen LogP contribution in [0.3, 0.4) is 0 Å². The van der Waals surface area contributed by atoms with Gasteiger partial charge < -0.3 is 30.1 Å². The fraction of sp³-hybridized carbons (Fsp3) is 0.500. The highest BCUT2D eigenvalue weighted by Crippen LogP contribution is 2.23. The summed E-state index contributed by atoms with van der Waals surface area (Å²) >= 11 is 0. The van der Waals surface area contributed by atoms with Gasteiger partial charge in [0, 0.05) is 11.8 Å². The molecule has 0 unspecified atom stereocenters. The molecule has 2 aromatic heterocycles. The zero-order valence-corrected chi connectivity index (χ0v) is 21.7. The van der Waals surface area contributed by atoms with Gasteiger partial charge in [0.2, 0.25) is 0 Å². The number of nitrogens with zero attached hydrogens (tertiary/aromatic N) is 6. The number of oxime groups is 2. The third-order valence-electron chi connectivity index (χ3n) is 7.08. The molecule has 0 bridgehead atoms. The molecule has 14 heteroatoms. The highest BCUT2D eigenvalue weighted by atomic mass is 19.1. The fourth-order valence-corrected chi connectivity index (χ4v) is 4.83. The van der Waals surface area contributed by atoms with Crippen molar-refractivity contribution in [2.75, 3.05) is 26.2 Å². The van der Waals surface area contributed by atoms with Gasteiger partial charge in [0.15, 0.2) is 0 Å². The van der Waals surface area contributed by atoms with Crippen LogP contribution in [0.4, 0.5) is 8.78 Å². The molecule has 2 aromatic rings. The van der Waals surface area contributed by atoms with Crippen LogP contribution in [0, 0.1) is 23.5 Å². The van der Waals surface area contributed by atoms with Gasteiger partial charge in [-0.05, 0) is 89.8 Å². The Labute approximate surface area is 222 Å². The molecule has 0 saturated carbocycles. The molecule has 2 aliphatic rings. The van der Waals surface area contributed by atoms with Crippen molar-refractivity contribution >= 4 is 25.5 Å². The van der Waals surface area contributed by atoms with Gasteiger partial charge in [-0.2, -0.15) is 0 Å². The van der Waals surface area contributed by atoms with Crippen LogP contribution >= 0.6 is 0 Å². The Morgan fingerprint density at radius 2 is 1.08 bits per heavy atom. The smallest absolute Gasteiger partial charge is 0.376 e. The molecule has 0 atom stereocenters. The molecular formula is C24H34B2F2N6O4. The molecule has 204 valence electrons. The van der Waals surface area contributed by atoms with Crippen LogP contribution in [0.15, 0.2) is 47.0 Å². The van der Waals surface area contributed by atoms with E-state index in [1.165, 1.54) is 24.3 Å². The van der Waals surface area contributed by atoms with E-state index < -0.39 is 25.7 Å². The molecule has 2 aliphatic heterocycles. The van der Waals surface area contributed by atoms with E-state index in [4.69, 9.17) is 10.4 Å². The highest BCUT2D eigenvalue weighted by Gasteiger charge is 2.29. The average molecular weight is 530 g/mol. The van der Waals surface area contributed by atoms with Crippen molar-refractivity contribution < 1.29 is 29.2 Å². The van der Waals surface area contributed by atoms with Crippen molar-refractivity contribution in [3.63, 3.8) is 0 Å². The summed E-state index contributed by atoms with van der Waals surface area (Å²) in [5, 5.41) is 44.0. The summed E-state index contributed by atoms with van der Waals surface area (Å²) in [6, 6.07) is 5.65. The van der Waals surface area contributed by atoms with Crippen LogP contribution < -0.4 is 0 Å². The van der Waals surface area contributed by atoms with E-state index in [-0.39, 0.29) is 11.8 Å². The number of piperidine rings is 2. The quantitative estimate of drug-likeness (QED) is 0.194. The van der Waals surface area contributed by atoms with Crippen molar-refractivity contribution in [1.82, 2.24) is 19.6 Å². The lowest BCUT2D eigenvalue weighted by Crippen LogP contribution is -2.44. The largest absolute Gasteiger partial charge is 0.437 e. The second-order valence-electron chi connectivity index (χ2n) is 9.58. The summed E-state index contributed by atoms with van der Waals surface area (Å²) in [5.41, 5.74) is 1.98. The normalized spacial score (nSPS) is 18.6. The van der Waals surface area contributed by atoms with Crippen LogP contribution in [-0.2, 0) is 0 Å². The minimum Gasteiger partial charge on any atom is -0.437 e. The van der Waals surface area contributed by atoms with Crippen LogP contribution in [0.1, 0.15) is 37.1 Å². The number of hydrogen-bond acceptors (Lipinski definition) is 10. The Kier molecular flexibility index (Phi) is 11.1. The average Bonchev–Trinajstić information content (AvgIpc) is 2.92. The number of rotatable bonds is 6. The van der Waals surface area contributed by atoms with E-state index in [0.29, 0.717) is 22.8 Å². The Balaban J connectivity index is 0.000000211. The van der Waals surface area contributed by atoms with E-state index in [1.807, 2.05) is 9.62 Å². The van der Waals surface area contributed by atoms with Gasteiger partial charge in [0.25, 0.3) is 0 Å². The lowest BCUT2D eigenvalue weighted by Gasteiger charge is -2.32. The lowest BCUT2D eigenvalue weighted by molar-refractivity contribution is 0.274. The molecule has 38 heavy (non-hydrogen) atoms. The number of hydrogen-bond donors (Lipinski definition) is 4. The predicted octanol–water partition coefficient (Wildman–Crippen LogP) is 2.44. The van der Waals surface area contributed by atoms with Crippen LogP contribution in [0.5, 0.6) is 0 Å². The Bertz CT molecular complexity index is 975. The molecule has 0 aliphatic carbocycles. The maximum atomic E-state index is 12.8. The zero-order chi connectivity index (χ0) is 27.7. The van der Waals surface area contributed by atoms with E-state index in [2.05, 4.69) is 20.3 Å². The van der Waals surface area contributed by atoms with Crippen molar-refractivity contribution in [2.24, 2.45) is 22.1 Å². The van der Waals surface area contributed by atoms with Gasteiger partial charge >= 0.3 is 14.1 Å². The molecule has 4 N–H and O–H groups in total. The van der Waals surface area contributed by atoms with Crippen molar-refractivity contribution in [1.29, 1.82) is 0 Å². The molecule has 2 saturated heterocycles. The molecular weight excluding hydrogens is 496 g/mol. The summed E-state index contributed by atoms with van der Waals surface area (Å²) in [7, 11) is -0.918. The molecule has 0 amide bonds. The Morgan fingerprint density at radius 3 is 1.32 bits per heavy atom. The highest BCUT2D eigenvalue weighted by molar-refractivity contribution is 6.45. The molecule has 0 aromatic carbocycles. The predicted molar refractivity (Wildman–Crippen MR) is 141 cm³/mol. The molecule has 0 radical (unpaired) electrons. The van der Waals surface area contributed by atoms with Gasteiger partial charge in [0.1, 0.15) is 23.1 Å². The van der Waals surface area contributed by atoms with Gasteiger partial charge in [-0.3, -0.25) is 9.97 Å². The Morgan fingerprint density at radius 1 is 0.737 bits per heavy atom. The number of pyridine rings is 2. The summed E-state index contributed by atoms with van der Waals surface area (Å²) in [5.74, 6) is -0.661. The maximum absolute atomic E-state index is 12.8. The number of aromatic nitrogens is 2. The number of halogens is 2. The zero-order valence-electron chi connectivity index (χ0n) is 21.7. The molecule has 4 heterocycles. The second-order valence-corrected chi connectivity index (χ2v) is 9.58. The van der Waals surface area contributed by atoms with Crippen LogP contribution in [-0.4, -0.2) is 91.8 Å². The van der Waals surface area contributed by atoms with E-state index in [1.54, 1.807) is 13.6 Å². The minimum absolute atomic E-state index is 0.0814. The van der Waals surface area contributed by atoms with E-state index in [0.717, 1.165) is 64.3 Å². The molecule has 10 nitrogen and oxygen atoms in total. The summed E-state index contributed by atoms with van der Waals surface area (Å²) in [6.45, 7) is 6.43. The summed E-state index contributed by atoms with van der Waals surface area (Å²) < 4.78 is 25.7. The standard InChI is InChI=1S/2C12H17BFN3O2/c2*1-13(18)17-6-4-9(5-7-17)12(16-19)11-3-2-10(14)8-15-11/h2*2-3,8-9,18-19H,4-7H2,1H3/b16-12+;16-12-. The third-order valence-corrected chi connectivity index (χ3v) is 7.08. The Hall–Kier alpha value is -2.93. The topological polar surface area (TPSA) is 138 Å². The van der Waals surface area contributed by atoms with Gasteiger partial charge in [-0.25, -0.2) is 8.78 Å². The first kappa shape index (κ1) is 29.6. The monoisotopic (exact) mass is 530 g/mol. The SMILES string of the molecule is CB(O)N1CCC(/C(=N/O)c2ccc(F)cn2)CC1.CB(O)N1CCC(/C(=N\O)c2ccc(F)cn2)CC1. The maximum Gasteiger partial charge on any atom is 0.376 e. The molecule has 2 fully saturated rings. The fourth-order valence-electron chi connectivity index (χ4n) is 4.83. The van der Waals surface area contributed by atoms with Gasteiger partial charge in [0.05, 0.1) is 23.8 Å². The summed E-state index contributed by atoms with van der Waals surface area (Å²) in [6.07, 6.45) is 5.36. The van der Waals surface area contributed by atoms with E-state index in [9.17, 15) is 18.8 Å². The van der Waals surface area contributed by atoms with Gasteiger partial charge in [-0.1, -0.05) is 10.3 Å². The molecule has 0 spiro atoms. The second kappa shape index (κ2) is 14.3. The van der Waals surface area contributed by atoms with Crippen molar-refractivity contribution in [3.8, 4) is 0 Å². The minimum atomic E-state index is -0.459. The first-order chi connectivity index (χ1) is 18.2. The van der Waals surface area contributed by atoms with Crippen molar-refractivity contribution in [2.45, 2.75) is 39.3 Å². The van der Waals surface area contributed by atoms with E-state index >= 15 is 0 Å². The lowest BCUT2D eigenvalue weighted by atomic mass is 9.79. The van der Waals surface area contributed by atoms with Crippen LogP contribution in [0.2, 0.25) is 13.6 Å². The third kappa shape index (κ3) is 8.03. The summed E-state index contributed by atoms with van der Waals surface area (Å²) in [4.78, 5) is 11.8. The van der Waals surface area contributed by atoms with Crippen LogP contribution in [0.25, 0.3) is 0 Å². The van der Waals surface area contributed by atoms with Crippen molar-refractivity contribution in [3.05, 3.63) is 59.7 Å². The first-order valence-electron chi connectivity index (χ1n) is 12.8.